The topological polar surface area (TPSA) is 278 Å². The Morgan fingerprint density at radius 2 is 1.13 bits per heavy atom. The van der Waals surface area contributed by atoms with Gasteiger partial charge in [-0.15, -0.1) is 0 Å². The van der Waals surface area contributed by atoms with Crippen molar-refractivity contribution in [3.8, 4) is 46.0 Å². The molecule has 0 aliphatic carbocycles. The van der Waals surface area contributed by atoms with Gasteiger partial charge >= 0.3 is 23.9 Å². The van der Waals surface area contributed by atoms with E-state index in [0.29, 0.717) is 0 Å². The van der Waals surface area contributed by atoms with E-state index in [1.165, 1.54) is 24.3 Å². The van der Waals surface area contributed by atoms with Gasteiger partial charge in [-0.05, 0) is 70.8 Å². The minimum atomic E-state index is -1.84. The predicted molar refractivity (Wildman–Crippen MR) is 175 cm³/mol. The fourth-order valence-electron chi connectivity index (χ4n) is 5.49. The maximum absolute atomic E-state index is 13.9. The highest BCUT2D eigenvalue weighted by Crippen LogP contribution is 2.53. The average molecular weight is 719 g/mol. The normalized spacial score (nSPS) is 16.0. The molecule has 0 unspecified atom stereocenters. The summed E-state index contributed by atoms with van der Waals surface area (Å²) in [6.07, 6.45) is -3.85. The van der Waals surface area contributed by atoms with Crippen LogP contribution in [0.15, 0.2) is 72.8 Å². The van der Waals surface area contributed by atoms with Crippen molar-refractivity contribution >= 4 is 30.0 Å². The Bertz CT molecular complexity index is 2090. The zero-order valence-electron chi connectivity index (χ0n) is 26.6. The molecular formula is C36H30O16. The predicted octanol–water partition coefficient (Wildman–Crippen LogP) is 3.33. The number of phenolic OH excluding ortho intramolecular Hbond substituents is 7. The Hall–Kier alpha value is -7.10. The maximum atomic E-state index is 13.9. The number of phenols is 7. The number of hydrogen-bond acceptors (Lipinski definition) is 14. The van der Waals surface area contributed by atoms with E-state index in [-0.39, 0.29) is 40.0 Å². The van der Waals surface area contributed by atoms with Crippen LogP contribution in [-0.4, -0.2) is 82.0 Å². The van der Waals surface area contributed by atoms with E-state index >= 15 is 0 Å². The van der Waals surface area contributed by atoms with Crippen LogP contribution >= 0.6 is 0 Å². The molecule has 1 aliphatic heterocycles. The summed E-state index contributed by atoms with van der Waals surface area (Å²) in [5.41, 5.74) is 0.445. The molecule has 0 spiro atoms. The maximum Gasteiger partial charge on any atom is 0.345 e. The van der Waals surface area contributed by atoms with Gasteiger partial charge in [-0.2, -0.15) is 0 Å². The summed E-state index contributed by atoms with van der Waals surface area (Å²) in [5, 5.41) is 89.1. The van der Waals surface area contributed by atoms with Crippen molar-refractivity contribution in [1.29, 1.82) is 0 Å². The lowest BCUT2D eigenvalue weighted by Gasteiger charge is -2.22. The number of benzene rings is 4. The molecular weight excluding hydrogens is 688 g/mol. The van der Waals surface area contributed by atoms with Gasteiger partial charge in [0.25, 0.3) is 0 Å². The van der Waals surface area contributed by atoms with Crippen LogP contribution in [0.4, 0.5) is 0 Å². The number of aromatic hydroxyl groups is 7. The first-order chi connectivity index (χ1) is 24.6. The Balaban J connectivity index is 1.47. The summed E-state index contributed by atoms with van der Waals surface area (Å²) >= 11 is 0. The first kappa shape index (κ1) is 36.2. The van der Waals surface area contributed by atoms with Crippen LogP contribution in [-0.2, 0) is 41.5 Å². The molecule has 4 aromatic carbocycles. The van der Waals surface area contributed by atoms with E-state index in [1.54, 1.807) is 0 Å². The molecule has 5 rings (SSSR count). The van der Waals surface area contributed by atoms with Gasteiger partial charge in [-0.1, -0.05) is 24.3 Å². The molecule has 0 saturated heterocycles. The van der Waals surface area contributed by atoms with Gasteiger partial charge in [-0.25, -0.2) is 14.4 Å². The Labute approximate surface area is 292 Å². The van der Waals surface area contributed by atoms with Crippen molar-refractivity contribution in [1.82, 2.24) is 0 Å². The van der Waals surface area contributed by atoms with Crippen LogP contribution < -0.4 is 4.74 Å². The molecule has 16 nitrogen and oxygen atoms in total. The highest BCUT2D eigenvalue weighted by Gasteiger charge is 2.46. The third-order valence-electron chi connectivity index (χ3n) is 8.04. The fraction of sp³-hybridized carbons (Fsp3) is 0.167. The zero-order valence-corrected chi connectivity index (χ0v) is 26.6. The third kappa shape index (κ3) is 7.86. The standard InChI is InChI=1S/C36H30O16/c37-20-6-1-16(11-24(20)41)13-27(34(45)46)50-29(44)10-5-18-3-9-23(40)33-30(18)31(32(52-33)19-4-8-22(39)26(43)15-19)36(49)51-28(35(47)48)14-17-2-7-21(38)25(42)12-17/h1-12,15,27-28,31-32,37-43H,13-14H2,(H,45,46)(H,47,48)/b10-5+/t27-,28-,31-,32+/m1/s1. The first-order valence-electron chi connectivity index (χ1n) is 15.2. The lowest BCUT2D eigenvalue weighted by Crippen LogP contribution is -2.33. The Morgan fingerprint density at radius 3 is 1.65 bits per heavy atom. The highest BCUT2D eigenvalue weighted by atomic mass is 16.6. The summed E-state index contributed by atoms with van der Waals surface area (Å²) < 4.78 is 16.5. The van der Waals surface area contributed by atoms with E-state index in [9.17, 15) is 65.1 Å². The molecule has 0 radical (unpaired) electrons. The Kier molecular flexibility index (Phi) is 10.3. The van der Waals surface area contributed by atoms with Gasteiger partial charge < -0.3 is 60.2 Å². The molecule has 0 aromatic heterocycles. The van der Waals surface area contributed by atoms with Gasteiger partial charge in [0.15, 0.2) is 46.0 Å². The lowest BCUT2D eigenvalue weighted by molar-refractivity contribution is -0.166. The monoisotopic (exact) mass is 718 g/mol. The molecule has 16 heteroatoms. The van der Waals surface area contributed by atoms with E-state index in [2.05, 4.69) is 0 Å². The average Bonchev–Trinajstić information content (AvgIpc) is 3.50. The molecule has 4 aromatic rings. The van der Waals surface area contributed by atoms with Gasteiger partial charge in [-0.3, -0.25) is 4.79 Å². The second-order valence-corrected chi connectivity index (χ2v) is 11.6. The number of carboxylic acid groups (broad SMARTS) is 2. The molecule has 9 N–H and O–H groups in total. The molecule has 1 aliphatic rings. The molecule has 1 heterocycles. The molecule has 270 valence electrons. The summed E-state index contributed by atoms with van der Waals surface area (Å²) in [5.74, 6) is -10.8. The number of aliphatic carboxylic acids is 2. The number of esters is 2. The molecule has 0 saturated carbocycles. The number of carbonyl (C=O) groups excluding carboxylic acids is 2. The minimum Gasteiger partial charge on any atom is -0.504 e. The molecule has 0 bridgehead atoms. The molecule has 52 heavy (non-hydrogen) atoms. The first-order valence-corrected chi connectivity index (χ1v) is 15.2. The van der Waals surface area contributed by atoms with Crippen LogP contribution in [0.1, 0.15) is 39.8 Å². The van der Waals surface area contributed by atoms with Gasteiger partial charge in [0.2, 0.25) is 12.2 Å². The minimum absolute atomic E-state index is 0.0443. The summed E-state index contributed by atoms with van der Waals surface area (Å²) in [4.78, 5) is 50.9. The smallest absolute Gasteiger partial charge is 0.345 e. The van der Waals surface area contributed by atoms with Crippen LogP contribution in [0.3, 0.4) is 0 Å². The number of fused-ring (bicyclic) bond motifs is 1. The van der Waals surface area contributed by atoms with E-state index in [4.69, 9.17) is 14.2 Å². The second kappa shape index (κ2) is 14.8. The lowest BCUT2D eigenvalue weighted by atomic mass is 9.87. The third-order valence-corrected chi connectivity index (χ3v) is 8.04. The quantitative estimate of drug-likeness (QED) is 0.0577. The fourth-order valence-corrected chi connectivity index (χ4v) is 5.49. The number of rotatable bonds is 12. The molecule has 0 fully saturated rings. The SMILES string of the molecule is O=C(/C=C/c1ccc(O)c2c1[C@@H](C(=O)O[C@H](Cc1ccc(O)c(O)c1)C(=O)O)[C@H](c1ccc(O)c(O)c1)O2)O[C@H](Cc1ccc(O)c(O)c1)C(=O)O. The van der Waals surface area contributed by atoms with Crippen LogP contribution in [0.25, 0.3) is 6.08 Å². The van der Waals surface area contributed by atoms with Crippen LogP contribution in [0, 0.1) is 0 Å². The van der Waals surface area contributed by atoms with Crippen molar-refractivity contribution in [2.45, 2.75) is 37.1 Å². The summed E-state index contributed by atoms with van der Waals surface area (Å²) in [7, 11) is 0. The van der Waals surface area contributed by atoms with Crippen molar-refractivity contribution in [3.63, 3.8) is 0 Å². The van der Waals surface area contributed by atoms with Gasteiger partial charge in [0.05, 0.1) is 0 Å². The molecule has 4 atom stereocenters. The van der Waals surface area contributed by atoms with E-state index in [1.807, 2.05) is 0 Å². The van der Waals surface area contributed by atoms with E-state index < -0.39 is 94.8 Å². The van der Waals surface area contributed by atoms with Gasteiger partial charge in [0.1, 0.15) is 12.0 Å². The van der Waals surface area contributed by atoms with Crippen molar-refractivity contribution in [3.05, 3.63) is 101 Å². The zero-order chi connectivity index (χ0) is 37.9. The second-order valence-electron chi connectivity index (χ2n) is 11.6. The van der Waals surface area contributed by atoms with E-state index in [0.717, 1.165) is 54.6 Å². The van der Waals surface area contributed by atoms with Gasteiger partial charge in [0, 0.05) is 24.5 Å². The number of carbonyl (C=O) groups is 4. The van der Waals surface area contributed by atoms with Crippen LogP contribution in [0.2, 0.25) is 0 Å². The summed E-state index contributed by atoms with van der Waals surface area (Å²) in [6, 6.07) is 13.0. The molecule has 0 amide bonds. The summed E-state index contributed by atoms with van der Waals surface area (Å²) in [6.45, 7) is 0. The Morgan fingerprint density at radius 1 is 0.635 bits per heavy atom. The van der Waals surface area contributed by atoms with Crippen molar-refractivity contribution < 1.29 is 79.3 Å². The number of carboxylic acids is 2. The largest absolute Gasteiger partial charge is 0.504 e. The van der Waals surface area contributed by atoms with Crippen LogP contribution in [0.5, 0.6) is 46.0 Å². The highest BCUT2D eigenvalue weighted by molar-refractivity contribution is 5.92. The number of ether oxygens (including phenoxy) is 3. The van der Waals surface area contributed by atoms with Crippen molar-refractivity contribution in [2.24, 2.45) is 0 Å². The van der Waals surface area contributed by atoms with Crippen molar-refractivity contribution in [2.75, 3.05) is 0 Å². The number of hydrogen-bond donors (Lipinski definition) is 9.